The van der Waals surface area contributed by atoms with Gasteiger partial charge in [-0.15, -0.1) is 0 Å². The van der Waals surface area contributed by atoms with E-state index in [2.05, 4.69) is 21.3 Å². The molecule has 1 aliphatic heterocycles. The van der Waals surface area contributed by atoms with Crippen molar-refractivity contribution < 1.29 is 14.4 Å². The second-order valence-electron chi connectivity index (χ2n) is 5.32. The third kappa shape index (κ3) is 4.48. The first-order chi connectivity index (χ1) is 11.0. The number of amides is 2. The number of likely N-dealkylation sites (tertiary alicyclic amines) is 1. The Bertz CT molecular complexity index is 583. The highest BCUT2D eigenvalue weighted by molar-refractivity contribution is 5.76. The topological polar surface area (TPSA) is 141 Å². The van der Waals surface area contributed by atoms with Crippen LogP contribution in [0.5, 0.6) is 0 Å². The number of aromatic nitrogens is 3. The number of hydrogen-bond donors (Lipinski definition) is 2. The summed E-state index contributed by atoms with van der Waals surface area (Å²) in [4.78, 5) is 34.2. The Morgan fingerprint density at radius 2 is 2.39 bits per heavy atom. The predicted molar refractivity (Wildman–Crippen MR) is 76.9 cm³/mol. The van der Waals surface area contributed by atoms with Crippen molar-refractivity contribution in [2.75, 3.05) is 13.1 Å². The van der Waals surface area contributed by atoms with Crippen molar-refractivity contribution in [2.45, 2.75) is 38.5 Å². The number of rotatable bonds is 6. The second-order valence-corrected chi connectivity index (χ2v) is 5.32. The molecule has 2 heterocycles. The third-order valence-corrected chi connectivity index (χ3v) is 3.61. The Labute approximate surface area is 133 Å². The van der Waals surface area contributed by atoms with Crippen molar-refractivity contribution in [1.82, 2.24) is 25.1 Å². The molecule has 0 aromatic carbocycles. The van der Waals surface area contributed by atoms with Crippen molar-refractivity contribution >= 4 is 11.8 Å². The van der Waals surface area contributed by atoms with E-state index in [0.717, 1.165) is 0 Å². The highest BCUT2D eigenvalue weighted by Crippen LogP contribution is 2.21. The summed E-state index contributed by atoms with van der Waals surface area (Å²) < 4.78 is 0. The van der Waals surface area contributed by atoms with Crippen LogP contribution in [0.4, 0.5) is 0 Å². The molecule has 1 saturated heterocycles. The number of hydroxylamine groups is 2. The molecular weight excluding hydrogens is 302 g/mol. The molecule has 23 heavy (non-hydrogen) atoms. The molecule has 2 rings (SSSR count). The Hall–Kier alpha value is -2.51. The number of primary amides is 1. The number of H-pyrrole nitrogens is 1. The fourth-order valence-corrected chi connectivity index (χ4v) is 2.62. The molecule has 1 aromatic rings. The molecular formula is C13H19N7O3. The maximum atomic E-state index is 11.9. The van der Waals surface area contributed by atoms with Gasteiger partial charge in [0.05, 0.1) is 24.7 Å². The number of nitrogens with one attached hydrogen (secondary N) is 1. The average molecular weight is 321 g/mol. The maximum absolute atomic E-state index is 11.9. The van der Waals surface area contributed by atoms with Crippen molar-refractivity contribution in [1.29, 1.82) is 5.26 Å². The number of carbonyl (C=O) groups is 2. The molecule has 0 spiro atoms. The summed E-state index contributed by atoms with van der Waals surface area (Å²) in [6, 6.07) is 1.50. The maximum Gasteiger partial charge on any atom is 0.243 e. The van der Waals surface area contributed by atoms with Crippen LogP contribution in [-0.4, -0.2) is 62.1 Å². The lowest BCUT2D eigenvalue weighted by molar-refractivity contribution is -0.210. The van der Waals surface area contributed by atoms with E-state index in [-0.39, 0.29) is 31.1 Å². The number of aromatic amines is 1. The zero-order valence-electron chi connectivity index (χ0n) is 12.8. The number of hydrogen-bond acceptors (Lipinski definition) is 7. The number of piperidine rings is 1. The van der Waals surface area contributed by atoms with Gasteiger partial charge >= 0.3 is 0 Å². The Morgan fingerprint density at radius 1 is 1.61 bits per heavy atom. The van der Waals surface area contributed by atoms with E-state index in [1.807, 2.05) is 0 Å². The summed E-state index contributed by atoms with van der Waals surface area (Å²) in [7, 11) is 0. The molecule has 124 valence electrons. The van der Waals surface area contributed by atoms with Crippen molar-refractivity contribution in [3.8, 4) is 6.07 Å². The van der Waals surface area contributed by atoms with E-state index in [1.54, 1.807) is 4.90 Å². The summed E-state index contributed by atoms with van der Waals surface area (Å²) in [5.74, 6) is -0.275. The van der Waals surface area contributed by atoms with Gasteiger partial charge in [0, 0.05) is 13.5 Å². The summed E-state index contributed by atoms with van der Waals surface area (Å²) in [5, 5.41) is 16.8. The average Bonchev–Trinajstić information content (AvgIpc) is 3.00. The second kappa shape index (κ2) is 7.66. The van der Waals surface area contributed by atoms with Gasteiger partial charge in [-0.2, -0.15) is 10.4 Å². The summed E-state index contributed by atoms with van der Waals surface area (Å²) in [6.07, 6.45) is 2.48. The summed E-state index contributed by atoms with van der Waals surface area (Å²) in [5.41, 5.74) is 5.22. The van der Waals surface area contributed by atoms with E-state index >= 15 is 0 Å². The first-order valence-electron chi connectivity index (χ1n) is 7.20. The van der Waals surface area contributed by atoms with Crippen molar-refractivity contribution in [2.24, 2.45) is 5.73 Å². The molecule has 0 unspecified atom stereocenters. The minimum Gasteiger partial charge on any atom is -0.369 e. The molecule has 0 radical (unpaired) electrons. The molecule has 2 amide bonds. The van der Waals surface area contributed by atoms with E-state index in [1.165, 1.54) is 18.3 Å². The minimum absolute atomic E-state index is 0.0252. The number of carbonyl (C=O) groups excluding carboxylic acids is 2. The zero-order valence-corrected chi connectivity index (χ0v) is 12.8. The van der Waals surface area contributed by atoms with Gasteiger partial charge in [-0.25, -0.2) is 10.0 Å². The van der Waals surface area contributed by atoms with Crippen LogP contribution in [0, 0.1) is 11.3 Å². The Kier molecular flexibility index (Phi) is 5.61. The van der Waals surface area contributed by atoms with Crippen LogP contribution >= 0.6 is 0 Å². The van der Waals surface area contributed by atoms with E-state index in [0.29, 0.717) is 25.2 Å². The standard InChI is InChI=1S/C13H19N7O3/c1-9(21)20(23-7-13-16-8-17-18-13)11-3-2-10(4-14)19(5-11)6-12(15)22/h8,10-11H,2-3,5-7H2,1H3,(H2,15,22)(H,16,17,18)/t10-,11+/m0/s1. The van der Waals surface area contributed by atoms with Gasteiger partial charge in [0.2, 0.25) is 11.8 Å². The molecule has 10 nitrogen and oxygen atoms in total. The van der Waals surface area contributed by atoms with E-state index in [9.17, 15) is 9.59 Å². The molecule has 1 aromatic heterocycles. The Morgan fingerprint density at radius 3 is 2.96 bits per heavy atom. The lowest BCUT2D eigenvalue weighted by atomic mass is 9.98. The van der Waals surface area contributed by atoms with Gasteiger partial charge in [-0.05, 0) is 12.8 Å². The first kappa shape index (κ1) is 16.9. The molecule has 0 bridgehead atoms. The monoisotopic (exact) mass is 321 g/mol. The molecule has 1 fully saturated rings. The highest BCUT2D eigenvalue weighted by Gasteiger charge is 2.34. The fourth-order valence-electron chi connectivity index (χ4n) is 2.62. The first-order valence-corrected chi connectivity index (χ1v) is 7.20. The van der Waals surface area contributed by atoms with Crippen LogP contribution in [0.25, 0.3) is 0 Å². The SMILES string of the molecule is CC(=O)N(OCc1ncn[nH]1)[C@@H]1CC[C@@H](C#N)N(CC(N)=O)C1. The van der Waals surface area contributed by atoms with Gasteiger partial charge in [-0.3, -0.25) is 24.4 Å². The van der Waals surface area contributed by atoms with Crippen LogP contribution in [0.2, 0.25) is 0 Å². The fraction of sp³-hybridized carbons (Fsp3) is 0.615. The molecule has 2 atom stereocenters. The van der Waals surface area contributed by atoms with Crippen LogP contribution in [0.15, 0.2) is 6.33 Å². The van der Waals surface area contributed by atoms with Crippen LogP contribution in [0.1, 0.15) is 25.6 Å². The zero-order chi connectivity index (χ0) is 16.8. The van der Waals surface area contributed by atoms with Gasteiger partial charge in [0.25, 0.3) is 0 Å². The molecule has 0 saturated carbocycles. The van der Waals surface area contributed by atoms with Gasteiger partial charge < -0.3 is 5.73 Å². The molecule has 3 N–H and O–H groups in total. The number of nitrogens with zero attached hydrogens (tertiary/aromatic N) is 5. The molecule has 0 aliphatic carbocycles. The van der Waals surface area contributed by atoms with Crippen molar-refractivity contribution in [3.05, 3.63) is 12.2 Å². The number of nitrogens with two attached hydrogens (primary N) is 1. The molecule has 1 aliphatic rings. The number of nitriles is 1. The lowest BCUT2D eigenvalue weighted by Crippen LogP contribution is -2.54. The van der Waals surface area contributed by atoms with Crippen molar-refractivity contribution in [3.63, 3.8) is 0 Å². The smallest absolute Gasteiger partial charge is 0.243 e. The van der Waals surface area contributed by atoms with Gasteiger partial charge in [-0.1, -0.05) is 0 Å². The predicted octanol–water partition coefficient (Wildman–Crippen LogP) is -1.07. The normalized spacial score (nSPS) is 21.6. The van der Waals surface area contributed by atoms with Crippen LogP contribution < -0.4 is 5.73 Å². The van der Waals surface area contributed by atoms with Crippen LogP contribution in [-0.2, 0) is 21.0 Å². The summed E-state index contributed by atoms with van der Waals surface area (Å²) >= 11 is 0. The quantitative estimate of drug-likeness (QED) is 0.635. The lowest BCUT2D eigenvalue weighted by Gasteiger charge is -2.39. The van der Waals surface area contributed by atoms with Crippen LogP contribution in [0.3, 0.4) is 0 Å². The van der Waals surface area contributed by atoms with E-state index in [4.69, 9.17) is 15.8 Å². The molecule has 10 heteroatoms. The van der Waals surface area contributed by atoms with E-state index < -0.39 is 5.91 Å². The minimum atomic E-state index is -0.511. The Balaban J connectivity index is 2.02. The van der Waals surface area contributed by atoms with Gasteiger partial charge in [0.15, 0.2) is 5.82 Å². The van der Waals surface area contributed by atoms with Gasteiger partial charge in [0.1, 0.15) is 12.9 Å². The third-order valence-electron chi connectivity index (χ3n) is 3.61. The summed E-state index contributed by atoms with van der Waals surface area (Å²) in [6.45, 7) is 1.79. The largest absolute Gasteiger partial charge is 0.369 e. The highest BCUT2D eigenvalue weighted by atomic mass is 16.7.